The first-order valence-electron chi connectivity index (χ1n) is 5.35. The van der Waals surface area contributed by atoms with Crippen LogP contribution in [0.3, 0.4) is 0 Å². The van der Waals surface area contributed by atoms with E-state index in [0.717, 1.165) is 0 Å². The first kappa shape index (κ1) is 12.1. The third kappa shape index (κ3) is 2.48. The van der Waals surface area contributed by atoms with Crippen molar-refractivity contribution in [3.63, 3.8) is 0 Å². The van der Waals surface area contributed by atoms with E-state index in [4.69, 9.17) is 11.5 Å². The lowest BCUT2D eigenvalue weighted by Gasteiger charge is -2.03. The Kier molecular flexibility index (Phi) is 3.28. The molecular weight excluding hydrogens is 234 g/mol. The van der Waals surface area contributed by atoms with Crippen LogP contribution in [0.15, 0.2) is 48.5 Å². The second kappa shape index (κ2) is 4.87. The molecule has 4 heteroatoms. The molecule has 92 valence electrons. The van der Waals surface area contributed by atoms with E-state index in [1.807, 2.05) is 0 Å². The fourth-order valence-corrected chi connectivity index (χ4v) is 1.51. The van der Waals surface area contributed by atoms with Gasteiger partial charge in [0, 0.05) is 22.5 Å². The predicted molar refractivity (Wildman–Crippen MR) is 70.7 cm³/mol. The zero-order valence-corrected chi connectivity index (χ0v) is 9.53. The van der Waals surface area contributed by atoms with Gasteiger partial charge in [-0.25, -0.2) is 8.78 Å². The molecule has 0 radical (unpaired) electrons. The summed E-state index contributed by atoms with van der Waals surface area (Å²) in [6.07, 6.45) is 0. The van der Waals surface area contributed by atoms with Crippen LogP contribution in [0.5, 0.6) is 0 Å². The highest BCUT2D eigenvalue weighted by molar-refractivity contribution is 5.83. The Hall–Kier alpha value is -2.36. The zero-order chi connectivity index (χ0) is 13.1. The summed E-state index contributed by atoms with van der Waals surface area (Å²) in [6.45, 7) is 0. The predicted octanol–water partition coefficient (Wildman–Crippen LogP) is 3.62. The fourth-order valence-electron chi connectivity index (χ4n) is 1.51. The SMILES string of the molecule is Nc1ccc(C(F)=C(F)c2ccc(N)cc2)cc1. The molecule has 2 aromatic rings. The van der Waals surface area contributed by atoms with Crippen molar-refractivity contribution in [3.05, 3.63) is 59.7 Å². The number of halogens is 2. The van der Waals surface area contributed by atoms with E-state index in [0.29, 0.717) is 11.4 Å². The maximum absolute atomic E-state index is 13.9. The number of nitrogens with two attached hydrogens (primary N) is 2. The Bertz CT molecular complexity index is 518. The summed E-state index contributed by atoms with van der Waals surface area (Å²) >= 11 is 0. The van der Waals surface area contributed by atoms with Crippen LogP contribution in [-0.2, 0) is 0 Å². The Morgan fingerprint density at radius 3 is 1.17 bits per heavy atom. The largest absolute Gasteiger partial charge is 0.399 e. The van der Waals surface area contributed by atoms with Crippen molar-refractivity contribution >= 4 is 23.0 Å². The van der Waals surface area contributed by atoms with Gasteiger partial charge in [0.25, 0.3) is 0 Å². The summed E-state index contributed by atoms with van der Waals surface area (Å²) in [5, 5.41) is 0. The molecule has 0 saturated carbocycles. The van der Waals surface area contributed by atoms with Crippen LogP contribution in [0, 0.1) is 0 Å². The normalized spacial score (nSPS) is 12.1. The second-order valence-corrected chi connectivity index (χ2v) is 3.87. The molecule has 0 fully saturated rings. The van der Waals surface area contributed by atoms with Crippen molar-refractivity contribution in [1.29, 1.82) is 0 Å². The summed E-state index contributed by atoms with van der Waals surface area (Å²) in [7, 11) is 0. The van der Waals surface area contributed by atoms with E-state index >= 15 is 0 Å². The van der Waals surface area contributed by atoms with Crippen LogP contribution < -0.4 is 11.5 Å². The van der Waals surface area contributed by atoms with Crippen molar-refractivity contribution in [2.24, 2.45) is 0 Å². The lowest BCUT2D eigenvalue weighted by Crippen LogP contribution is -1.88. The molecule has 0 amide bonds. The summed E-state index contributed by atoms with van der Waals surface area (Å²) < 4.78 is 27.8. The molecule has 0 aliphatic heterocycles. The van der Waals surface area contributed by atoms with Crippen LogP contribution in [0.4, 0.5) is 20.2 Å². The van der Waals surface area contributed by atoms with E-state index in [9.17, 15) is 8.78 Å². The van der Waals surface area contributed by atoms with Crippen molar-refractivity contribution in [2.75, 3.05) is 11.5 Å². The van der Waals surface area contributed by atoms with Gasteiger partial charge in [-0.15, -0.1) is 0 Å². The smallest absolute Gasteiger partial charge is 0.166 e. The zero-order valence-electron chi connectivity index (χ0n) is 9.53. The maximum Gasteiger partial charge on any atom is 0.166 e. The molecule has 0 atom stereocenters. The van der Waals surface area contributed by atoms with Gasteiger partial charge in [0.05, 0.1) is 0 Å². The van der Waals surface area contributed by atoms with E-state index in [1.54, 1.807) is 0 Å². The Morgan fingerprint density at radius 1 is 0.611 bits per heavy atom. The topological polar surface area (TPSA) is 52.0 Å². The molecule has 0 bridgehead atoms. The molecule has 2 aromatic carbocycles. The van der Waals surface area contributed by atoms with Gasteiger partial charge in [-0.3, -0.25) is 0 Å². The summed E-state index contributed by atoms with van der Waals surface area (Å²) in [4.78, 5) is 0. The lowest BCUT2D eigenvalue weighted by molar-refractivity contribution is 0.700. The number of hydrogen-bond acceptors (Lipinski definition) is 2. The van der Waals surface area contributed by atoms with Crippen LogP contribution in [0.25, 0.3) is 11.7 Å². The molecule has 0 saturated heterocycles. The first-order valence-corrected chi connectivity index (χ1v) is 5.35. The molecule has 0 unspecified atom stereocenters. The maximum atomic E-state index is 13.9. The van der Waals surface area contributed by atoms with Gasteiger partial charge in [-0.2, -0.15) is 0 Å². The monoisotopic (exact) mass is 246 g/mol. The van der Waals surface area contributed by atoms with Crippen molar-refractivity contribution in [2.45, 2.75) is 0 Å². The van der Waals surface area contributed by atoms with Gasteiger partial charge >= 0.3 is 0 Å². The van der Waals surface area contributed by atoms with Gasteiger partial charge in [-0.05, 0) is 48.5 Å². The first-order chi connectivity index (χ1) is 8.58. The fraction of sp³-hybridized carbons (Fsp3) is 0. The molecular formula is C14H12F2N2. The number of benzene rings is 2. The standard InChI is InChI=1S/C14H12F2N2/c15-13(9-1-5-11(17)6-2-9)14(16)10-3-7-12(18)8-4-10/h1-8H,17-18H2. The van der Waals surface area contributed by atoms with E-state index in [1.165, 1.54) is 48.5 Å². The van der Waals surface area contributed by atoms with E-state index in [-0.39, 0.29) is 11.1 Å². The Balaban J connectivity index is 2.40. The minimum absolute atomic E-state index is 0.151. The average molecular weight is 246 g/mol. The highest BCUT2D eigenvalue weighted by Gasteiger charge is 2.10. The minimum Gasteiger partial charge on any atom is -0.399 e. The molecule has 18 heavy (non-hydrogen) atoms. The number of hydrogen-bond donors (Lipinski definition) is 2. The van der Waals surface area contributed by atoms with Gasteiger partial charge in [-0.1, -0.05) is 0 Å². The minimum atomic E-state index is -0.917. The molecule has 0 aromatic heterocycles. The van der Waals surface area contributed by atoms with Gasteiger partial charge in [0.1, 0.15) is 0 Å². The van der Waals surface area contributed by atoms with Crippen LogP contribution >= 0.6 is 0 Å². The van der Waals surface area contributed by atoms with Crippen molar-refractivity contribution in [3.8, 4) is 0 Å². The average Bonchev–Trinajstić information content (AvgIpc) is 2.39. The van der Waals surface area contributed by atoms with Gasteiger partial charge in [0.15, 0.2) is 11.7 Å². The molecule has 2 rings (SSSR count). The number of anilines is 2. The van der Waals surface area contributed by atoms with Gasteiger partial charge in [0.2, 0.25) is 0 Å². The molecule has 2 nitrogen and oxygen atoms in total. The van der Waals surface area contributed by atoms with Crippen molar-refractivity contribution < 1.29 is 8.78 Å². The van der Waals surface area contributed by atoms with Crippen LogP contribution in [0.1, 0.15) is 11.1 Å². The highest BCUT2D eigenvalue weighted by atomic mass is 19.2. The van der Waals surface area contributed by atoms with Crippen molar-refractivity contribution in [1.82, 2.24) is 0 Å². The lowest BCUT2D eigenvalue weighted by atomic mass is 10.1. The highest BCUT2D eigenvalue weighted by Crippen LogP contribution is 2.29. The van der Waals surface area contributed by atoms with Crippen LogP contribution in [-0.4, -0.2) is 0 Å². The third-order valence-corrected chi connectivity index (χ3v) is 2.52. The Morgan fingerprint density at radius 2 is 0.889 bits per heavy atom. The third-order valence-electron chi connectivity index (χ3n) is 2.52. The quantitative estimate of drug-likeness (QED) is 0.628. The Labute approximate surface area is 104 Å². The van der Waals surface area contributed by atoms with Gasteiger partial charge < -0.3 is 11.5 Å². The molecule has 0 aliphatic carbocycles. The molecule has 0 spiro atoms. The summed E-state index contributed by atoms with van der Waals surface area (Å²) in [5.41, 5.74) is 12.3. The molecule has 0 aliphatic rings. The molecule has 4 N–H and O–H groups in total. The number of rotatable bonds is 2. The summed E-state index contributed by atoms with van der Waals surface area (Å²) in [5.74, 6) is -1.83. The molecule has 0 heterocycles. The van der Waals surface area contributed by atoms with E-state index in [2.05, 4.69) is 0 Å². The number of nitrogen functional groups attached to an aromatic ring is 2. The summed E-state index contributed by atoms with van der Waals surface area (Å²) in [6, 6.07) is 11.8. The van der Waals surface area contributed by atoms with E-state index < -0.39 is 11.7 Å². The second-order valence-electron chi connectivity index (χ2n) is 3.87. The van der Waals surface area contributed by atoms with Crippen LogP contribution in [0.2, 0.25) is 0 Å².